The molecule has 33 heavy (non-hydrogen) atoms. The monoisotopic (exact) mass is 441 g/mol. The molecular formula is C29H35N3O. The molecule has 5 heterocycles. The van der Waals surface area contributed by atoms with E-state index >= 15 is 0 Å². The molecule has 1 aromatic heterocycles. The van der Waals surface area contributed by atoms with Crippen LogP contribution in [0.4, 0.5) is 0 Å². The molecule has 4 aliphatic heterocycles. The van der Waals surface area contributed by atoms with Crippen molar-refractivity contribution < 1.29 is 4.79 Å². The van der Waals surface area contributed by atoms with Crippen molar-refractivity contribution in [1.82, 2.24) is 14.4 Å². The molecular weight excluding hydrogens is 406 g/mol. The van der Waals surface area contributed by atoms with Gasteiger partial charge in [0.1, 0.15) is 0 Å². The number of aromatic nitrogens is 1. The molecule has 3 aromatic rings. The molecule has 4 nitrogen and oxygen atoms in total. The van der Waals surface area contributed by atoms with Gasteiger partial charge in [0.15, 0.2) is 5.78 Å². The van der Waals surface area contributed by atoms with Crippen LogP contribution in [0.5, 0.6) is 0 Å². The van der Waals surface area contributed by atoms with Gasteiger partial charge in [-0.1, -0.05) is 76.2 Å². The van der Waals surface area contributed by atoms with Crippen LogP contribution in [0.15, 0.2) is 60.8 Å². The van der Waals surface area contributed by atoms with Crippen LogP contribution < -0.4 is 0 Å². The zero-order chi connectivity index (χ0) is 23.0. The number of carbonyl (C=O) groups excluding carboxylic acids is 1. The maximum atomic E-state index is 13.9. The number of para-hydroxylation sites is 1. The summed E-state index contributed by atoms with van der Waals surface area (Å²) in [4.78, 5) is 19.2. The zero-order valence-corrected chi connectivity index (χ0v) is 20.3. The Bertz CT molecular complexity index is 1160. The second kappa shape index (κ2) is 7.28. The topological polar surface area (TPSA) is 28.5 Å². The van der Waals surface area contributed by atoms with Crippen LogP contribution in [-0.2, 0) is 11.3 Å². The first-order valence-electron chi connectivity index (χ1n) is 12.5. The summed E-state index contributed by atoms with van der Waals surface area (Å²) < 4.78 is 2.41. The zero-order valence-electron chi connectivity index (χ0n) is 20.3. The lowest BCUT2D eigenvalue weighted by Gasteiger charge is -2.68. The highest BCUT2D eigenvalue weighted by Crippen LogP contribution is 2.57. The summed E-state index contributed by atoms with van der Waals surface area (Å²) in [6.45, 7) is 13.4. The number of nitrogens with zero attached hydrogens (tertiary/aromatic N) is 3. The van der Waals surface area contributed by atoms with Crippen molar-refractivity contribution in [2.24, 2.45) is 22.7 Å². The minimum Gasteiger partial charge on any atom is -0.343 e. The summed E-state index contributed by atoms with van der Waals surface area (Å²) in [7, 11) is 0. The summed E-state index contributed by atoms with van der Waals surface area (Å²) in [5.74, 6) is 1.25. The van der Waals surface area contributed by atoms with Crippen LogP contribution >= 0.6 is 0 Å². The van der Waals surface area contributed by atoms with Crippen molar-refractivity contribution in [3.8, 4) is 0 Å². The van der Waals surface area contributed by atoms with E-state index in [4.69, 9.17) is 0 Å². The highest BCUT2D eigenvalue weighted by atomic mass is 16.1. The van der Waals surface area contributed by atoms with E-state index in [0.29, 0.717) is 17.6 Å². The first kappa shape index (κ1) is 21.1. The number of carbonyl (C=O) groups is 1. The van der Waals surface area contributed by atoms with E-state index in [1.165, 1.54) is 22.0 Å². The van der Waals surface area contributed by atoms with Crippen LogP contribution in [-0.4, -0.2) is 46.3 Å². The molecule has 0 spiro atoms. The molecule has 0 unspecified atom stereocenters. The minimum atomic E-state index is -0.236. The molecule has 0 atom stereocenters. The van der Waals surface area contributed by atoms with Crippen molar-refractivity contribution in [2.75, 3.05) is 26.2 Å². The number of fused-ring (bicyclic) bond motifs is 1. The number of Topliss-reactive ketones (excluding diaryl/α,β-unsaturated/α-hetero) is 1. The van der Waals surface area contributed by atoms with Crippen LogP contribution in [0, 0.1) is 22.7 Å². The molecule has 4 bridgehead atoms. The number of ketones is 1. The largest absolute Gasteiger partial charge is 0.343 e. The average Bonchev–Trinajstić information content (AvgIpc) is 3.15. The maximum absolute atomic E-state index is 13.9. The summed E-state index contributed by atoms with van der Waals surface area (Å²) >= 11 is 0. The van der Waals surface area contributed by atoms with Crippen LogP contribution in [0.1, 0.15) is 45.0 Å². The normalized spacial score (nSPS) is 33.0. The summed E-state index contributed by atoms with van der Waals surface area (Å²) in [6, 6.07) is 19.5. The van der Waals surface area contributed by atoms with E-state index in [9.17, 15) is 4.79 Å². The molecule has 0 aliphatic carbocycles. The molecule has 4 fully saturated rings. The predicted octanol–water partition coefficient (Wildman–Crippen LogP) is 5.19. The fourth-order valence-corrected chi connectivity index (χ4v) is 7.06. The fraction of sp³-hybridized carbons (Fsp3) is 0.483. The Balaban J connectivity index is 1.45. The number of rotatable bonds is 5. The van der Waals surface area contributed by atoms with E-state index in [1.807, 2.05) is 0 Å². The minimum absolute atomic E-state index is 0.236. The molecule has 0 saturated carbocycles. The molecule has 7 rings (SSSR count). The van der Waals surface area contributed by atoms with Gasteiger partial charge in [0, 0.05) is 55.4 Å². The Hall–Kier alpha value is -2.43. The Morgan fingerprint density at radius 2 is 1.36 bits per heavy atom. The quantitative estimate of drug-likeness (QED) is 0.546. The molecule has 0 amide bonds. The Morgan fingerprint density at radius 1 is 0.818 bits per heavy atom. The van der Waals surface area contributed by atoms with Gasteiger partial charge in [-0.2, -0.15) is 0 Å². The van der Waals surface area contributed by atoms with Gasteiger partial charge in [-0.05, 0) is 23.5 Å². The van der Waals surface area contributed by atoms with E-state index in [2.05, 4.69) is 103 Å². The Kier molecular flexibility index (Phi) is 4.66. The van der Waals surface area contributed by atoms with Gasteiger partial charge in [0.2, 0.25) is 0 Å². The number of hydrogen-bond donors (Lipinski definition) is 0. The molecule has 0 radical (unpaired) electrons. The van der Waals surface area contributed by atoms with Crippen LogP contribution in [0.2, 0.25) is 0 Å². The maximum Gasteiger partial charge on any atom is 0.150 e. The SMILES string of the molecule is CC(C)C12CN3CC(C(C)C)(CN(C1)C3c1cn(Cc3ccccc3)c3ccccc13)C2=O. The standard InChI is InChI=1S/C29H35N3O/c1-20(2)28-16-31-18-29(21(3)4,27(28)33)19-32(17-28)26(31)24-15-30(14-22-10-6-5-7-11-22)25-13-9-8-12-23(24)25/h5-13,15,20-21,26H,14,16-19H2,1-4H3. The van der Waals surface area contributed by atoms with Crippen molar-refractivity contribution in [1.29, 1.82) is 0 Å². The lowest BCUT2D eigenvalue weighted by molar-refractivity contribution is -0.217. The van der Waals surface area contributed by atoms with Gasteiger partial charge >= 0.3 is 0 Å². The van der Waals surface area contributed by atoms with Crippen LogP contribution in [0.25, 0.3) is 10.9 Å². The second-order valence-electron chi connectivity index (χ2n) is 11.3. The fourth-order valence-electron chi connectivity index (χ4n) is 7.06. The smallest absolute Gasteiger partial charge is 0.150 e. The summed E-state index contributed by atoms with van der Waals surface area (Å²) in [5.41, 5.74) is 3.53. The lowest BCUT2D eigenvalue weighted by atomic mass is 9.53. The van der Waals surface area contributed by atoms with Gasteiger partial charge in [-0.25, -0.2) is 0 Å². The first-order valence-corrected chi connectivity index (χ1v) is 12.5. The molecule has 172 valence electrons. The van der Waals surface area contributed by atoms with E-state index in [-0.39, 0.29) is 17.0 Å². The number of piperidine rings is 2. The van der Waals surface area contributed by atoms with Gasteiger partial charge in [0.05, 0.1) is 17.0 Å². The Morgan fingerprint density at radius 3 is 1.94 bits per heavy atom. The second-order valence-corrected chi connectivity index (χ2v) is 11.3. The highest BCUT2D eigenvalue weighted by Gasteiger charge is 2.67. The van der Waals surface area contributed by atoms with Crippen molar-refractivity contribution in [3.63, 3.8) is 0 Å². The predicted molar refractivity (Wildman–Crippen MR) is 133 cm³/mol. The molecule has 4 heteroatoms. The average molecular weight is 442 g/mol. The first-order chi connectivity index (χ1) is 15.9. The highest BCUT2D eigenvalue weighted by molar-refractivity contribution is 5.94. The third-order valence-corrected chi connectivity index (χ3v) is 9.04. The van der Waals surface area contributed by atoms with E-state index < -0.39 is 0 Å². The Labute approximate surface area is 197 Å². The summed E-state index contributed by atoms with van der Waals surface area (Å²) in [6.07, 6.45) is 2.63. The van der Waals surface area contributed by atoms with E-state index in [0.717, 1.165) is 32.7 Å². The van der Waals surface area contributed by atoms with Crippen molar-refractivity contribution in [2.45, 2.75) is 40.4 Å². The van der Waals surface area contributed by atoms with Gasteiger partial charge in [-0.15, -0.1) is 0 Å². The van der Waals surface area contributed by atoms with Crippen molar-refractivity contribution in [3.05, 3.63) is 71.9 Å². The van der Waals surface area contributed by atoms with Gasteiger partial charge in [-0.3, -0.25) is 14.6 Å². The lowest BCUT2D eigenvalue weighted by Crippen LogP contribution is -2.78. The van der Waals surface area contributed by atoms with E-state index in [1.54, 1.807) is 0 Å². The van der Waals surface area contributed by atoms with Gasteiger partial charge in [0.25, 0.3) is 0 Å². The molecule has 2 aromatic carbocycles. The molecule has 4 saturated heterocycles. The molecule has 4 aliphatic rings. The number of hydrogen-bond acceptors (Lipinski definition) is 3. The van der Waals surface area contributed by atoms with Gasteiger partial charge < -0.3 is 4.57 Å². The van der Waals surface area contributed by atoms with Crippen LogP contribution in [0.3, 0.4) is 0 Å². The third kappa shape index (κ3) is 2.87. The number of benzene rings is 2. The van der Waals surface area contributed by atoms with Crippen molar-refractivity contribution >= 4 is 16.7 Å². The third-order valence-electron chi connectivity index (χ3n) is 9.04. The summed E-state index contributed by atoms with van der Waals surface area (Å²) in [5, 5.41) is 1.34. The molecule has 0 N–H and O–H groups in total.